The van der Waals surface area contributed by atoms with Crippen molar-refractivity contribution in [1.82, 2.24) is 15.1 Å². The molecule has 0 saturated heterocycles. The summed E-state index contributed by atoms with van der Waals surface area (Å²) >= 11 is 0. The zero-order valence-corrected chi connectivity index (χ0v) is 6.68. The summed E-state index contributed by atoms with van der Waals surface area (Å²) < 4.78 is 1.89. The number of nitrogens with zero attached hydrogens (tertiary/aromatic N) is 2. The summed E-state index contributed by atoms with van der Waals surface area (Å²) in [4.78, 5) is 0. The summed E-state index contributed by atoms with van der Waals surface area (Å²) in [5.41, 5.74) is 2.30. The molecular formula is C7H13N3. The number of aromatic nitrogens is 2. The van der Waals surface area contributed by atoms with E-state index in [0.717, 1.165) is 12.2 Å². The number of hydrogen-bond acceptors (Lipinski definition) is 2. The van der Waals surface area contributed by atoms with Gasteiger partial charge >= 0.3 is 0 Å². The maximum Gasteiger partial charge on any atom is 0.0597 e. The summed E-state index contributed by atoms with van der Waals surface area (Å²) in [7, 11) is 3.89. The normalized spacial score (nSPS) is 10.3. The average molecular weight is 139 g/mol. The Morgan fingerprint density at radius 1 is 1.70 bits per heavy atom. The van der Waals surface area contributed by atoms with Gasteiger partial charge in [-0.25, -0.2) is 0 Å². The van der Waals surface area contributed by atoms with Crippen molar-refractivity contribution in [2.75, 3.05) is 7.05 Å². The number of nitrogens with one attached hydrogen (secondary N) is 1. The minimum Gasteiger partial charge on any atom is -0.314 e. The first-order valence-electron chi connectivity index (χ1n) is 3.38. The van der Waals surface area contributed by atoms with E-state index in [1.807, 2.05) is 25.7 Å². The lowest BCUT2D eigenvalue weighted by Crippen LogP contribution is -2.09. The van der Waals surface area contributed by atoms with Gasteiger partial charge in [0.1, 0.15) is 0 Å². The predicted octanol–water partition coefficient (Wildman–Crippen LogP) is 0.448. The molecule has 0 unspecified atom stereocenters. The van der Waals surface area contributed by atoms with Crippen LogP contribution >= 0.6 is 0 Å². The largest absolute Gasteiger partial charge is 0.314 e. The van der Waals surface area contributed by atoms with E-state index in [1.165, 1.54) is 5.69 Å². The van der Waals surface area contributed by atoms with Crippen LogP contribution < -0.4 is 5.32 Å². The molecule has 0 aliphatic carbocycles. The molecule has 0 aliphatic heterocycles. The molecule has 0 aromatic carbocycles. The fraction of sp³-hybridized carbons (Fsp3) is 0.571. The Morgan fingerprint density at radius 2 is 2.40 bits per heavy atom. The van der Waals surface area contributed by atoms with E-state index in [2.05, 4.69) is 16.5 Å². The van der Waals surface area contributed by atoms with Crippen molar-refractivity contribution in [2.45, 2.75) is 13.5 Å². The predicted molar refractivity (Wildman–Crippen MR) is 40.7 cm³/mol. The van der Waals surface area contributed by atoms with Crippen LogP contribution in [0.25, 0.3) is 0 Å². The van der Waals surface area contributed by atoms with Crippen molar-refractivity contribution in [3.63, 3.8) is 0 Å². The van der Waals surface area contributed by atoms with E-state index in [1.54, 1.807) is 0 Å². The van der Waals surface area contributed by atoms with Gasteiger partial charge in [0, 0.05) is 13.6 Å². The molecule has 1 heterocycles. The molecule has 0 aliphatic rings. The fourth-order valence-electron chi connectivity index (χ4n) is 1.01. The Morgan fingerprint density at radius 3 is 2.80 bits per heavy atom. The SMILES string of the molecule is CNCc1cc(C)nn1C. The van der Waals surface area contributed by atoms with E-state index in [9.17, 15) is 0 Å². The average Bonchev–Trinajstić information content (AvgIpc) is 2.13. The van der Waals surface area contributed by atoms with Gasteiger partial charge in [0.05, 0.1) is 11.4 Å². The van der Waals surface area contributed by atoms with Gasteiger partial charge in [-0.2, -0.15) is 5.10 Å². The van der Waals surface area contributed by atoms with Crippen LogP contribution in [0.4, 0.5) is 0 Å². The van der Waals surface area contributed by atoms with E-state index < -0.39 is 0 Å². The second kappa shape index (κ2) is 2.84. The van der Waals surface area contributed by atoms with Gasteiger partial charge in [-0.15, -0.1) is 0 Å². The summed E-state index contributed by atoms with van der Waals surface area (Å²) in [6.45, 7) is 2.89. The molecule has 1 N–H and O–H groups in total. The van der Waals surface area contributed by atoms with E-state index in [4.69, 9.17) is 0 Å². The zero-order chi connectivity index (χ0) is 7.56. The minimum absolute atomic E-state index is 0.886. The highest BCUT2D eigenvalue weighted by molar-refractivity contribution is 5.07. The second-order valence-electron chi connectivity index (χ2n) is 2.43. The number of hydrogen-bond donors (Lipinski definition) is 1. The first-order chi connectivity index (χ1) is 4.74. The molecule has 56 valence electrons. The van der Waals surface area contributed by atoms with Gasteiger partial charge in [0.2, 0.25) is 0 Å². The quantitative estimate of drug-likeness (QED) is 0.644. The van der Waals surface area contributed by atoms with Crippen LogP contribution in [0.1, 0.15) is 11.4 Å². The molecule has 1 rings (SSSR count). The van der Waals surface area contributed by atoms with E-state index in [-0.39, 0.29) is 0 Å². The molecule has 0 amide bonds. The van der Waals surface area contributed by atoms with Gasteiger partial charge in [0.15, 0.2) is 0 Å². The lowest BCUT2D eigenvalue weighted by Gasteiger charge is -1.97. The first kappa shape index (κ1) is 7.28. The van der Waals surface area contributed by atoms with Gasteiger partial charge in [0.25, 0.3) is 0 Å². The third-order valence-corrected chi connectivity index (χ3v) is 1.46. The highest BCUT2D eigenvalue weighted by atomic mass is 15.3. The van der Waals surface area contributed by atoms with E-state index >= 15 is 0 Å². The molecule has 0 radical (unpaired) electrons. The van der Waals surface area contributed by atoms with Gasteiger partial charge in [-0.1, -0.05) is 0 Å². The monoisotopic (exact) mass is 139 g/mol. The van der Waals surface area contributed by atoms with Crippen LogP contribution in [-0.4, -0.2) is 16.8 Å². The number of rotatable bonds is 2. The molecule has 0 bridgehead atoms. The fourth-order valence-corrected chi connectivity index (χ4v) is 1.01. The molecule has 0 saturated carbocycles. The summed E-state index contributed by atoms with van der Waals surface area (Å²) in [6, 6.07) is 2.08. The van der Waals surface area contributed by atoms with E-state index in [0.29, 0.717) is 0 Å². The lowest BCUT2D eigenvalue weighted by atomic mass is 10.4. The third-order valence-electron chi connectivity index (χ3n) is 1.46. The Hall–Kier alpha value is -0.830. The molecule has 0 atom stereocenters. The van der Waals surface area contributed by atoms with Gasteiger partial charge < -0.3 is 5.32 Å². The van der Waals surface area contributed by atoms with Gasteiger partial charge in [-0.3, -0.25) is 4.68 Å². The van der Waals surface area contributed by atoms with Crippen molar-refractivity contribution < 1.29 is 0 Å². The Bertz CT molecular complexity index is 215. The number of aryl methyl sites for hydroxylation is 2. The standard InChI is InChI=1S/C7H13N3/c1-6-4-7(5-8-2)10(3)9-6/h4,8H,5H2,1-3H3. The van der Waals surface area contributed by atoms with Crippen molar-refractivity contribution in [3.05, 3.63) is 17.5 Å². The molecule has 3 heteroatoms. The molecule has 0 spiro atoms. The Labute approximate surface area is 61.0 Å². The minimum atomic E-state index is 0.886. The first-order valence-corrected chi connectivity index (χ1v) is 3.38. The summed E-state index contributed by atoms with van der Waals surface area (Å²) in [5.74, 6) is 0. The summed E-state index contributed by atoms with van der Waals surface area (Å²) in [6.07, 6.45) is 0. The van der Waals surface area contributed by atoms with Crippen LogP contribution in [0.3, 0.4) is 0 Å². The maximum absolute atomic E-state index is 4.21. The van der Waals surface area contributed by atoms with Crippen molar-refractivity contribution in [3.8, 4) is 0 Å². The molecule has 0 fully saturated rings. The topological polar surface area (TPSA) is 29.9 Å². The van der Waals surface area contributed by atoms with Crippen molar-refractivity contribution in [2.24, 2.45) is 7.05 Å². The smallest absolute Gasteiger partial charge is 0.0597 e. The van der Waals surface area contributed by atoms with Gasteiger partial charge in [-0.05, 0) is 20.0 Å². The van der Waals surface area contributed by atoms with Crippen LogP contribution in [0.2, 0.25) is 0 Å². The van der Waals surface area contributed by atoms with Crippen LogP contribution in [0.15, 0.2) is 6.07 Å². The van der Waals surface area contributed by atoms with Crippen molar-refractivity contribution in [1.29, 1.82) is 0 Å². The molecular weight excluding hydrogens is 126 g/mol. The molecule has 1 aromatic heterocycles. The molecule has 3 nitrogen and oxygen atoms in total. The lowest BCUT2D eigenvalue weighted by molar-refractivity contribution is 0.668. The summed E-state index contributed by atoms with van der Waals surface area (Å²) in [5, 5.41) is 7.28. The van der Waals surface area contributed by atoms with Crippen LogP contribution in [-0.2, 0) is 13.6 Å². The Balaban J connectivity index is 2.81. The zero-order valence-electron chi connectivity index (χ0n) is 6.68. The molecule has 10 heavy (non-hydrogen) atoms. The Kier molecular flexibility index (Phi) is 2.06. The van der Waals surface area contributed by atoms with Crippen LogP contribution in [0.5, 0.6) is 0 Å². The highest BCUT2D eigenvalue weighted by Crippen LogP contribution is 1.99. The third kappa shape index (κ3) is 1.36. The maximum atomic E-state index is 4.21. The highest BCUT2D eigenvalue weighted by Gasteiger charge is 1.98. The molecule has 1 aromatic rings. The second-order valence-corrected chi connectivity index (χ2v) is 2.43. The van der Waals surface area contributed by atoms with Crippen LogP contribution in [0, 0.1) is 6.92 Å². The van der Waals surface area contributed by atoms with Crippen molar-refractivity contribution >= 4 is 0 Å².